The molecule has 0 radical (unpaired) electrons. The summed E-state index contributed by atoms with van der Waals surface area (Å²) in [5.74, 6) is -1.42. The zero-order chi connectivity index (χ0) is 19.5. The number of pyridine rings is 1. The fourth-order valence-electron chi connectivity index (χ4n) is 3.13. The van der Waals surface area contributed by atoms with Gasteiger partial charge in [-0.3, -0.25) is 4.98 Å². The number of hydrogen-bond acceptors (Lipinski definition) is 5. The summed E-state index contributed by atoms with van der Waals surface area (Å²) < 4.78 is 33.5. The Bertz CT molecular complexity index is 971. The van der Waals surface area contributed by atoms with Crippen molar-refractivity contribution in [3.8, 4) is 17.0 Å². The van der Waals surface area contributed by atoms with Crippen LogP contribution in [0.15, 0.2) is 48.9 Å². The number of nitrogens with zero attached hydrogens (tertiary/aromatic N) is 5. The molecule has 3 aromatic rings. The van der Waals surface area contributed by atoms with Crippen molar-refractivity contribution in [2.24, 2.45) is 0 Å². The Morgan fingerprint density at radius 1 is 1.14 bits per heavy atom. The lowest BCUT2D eigenvalue weighted by atomic mass is 10.1. The number of likely N-dealkylation sites (tertiary alicyclic amines) is 1. The quantitative estimate of drug-likeness (QED) is 0.690. The maximum absolute atomic E-state index is 13.4. The number of carbonyl (C=O) groups is 1. The molecule has 0 unspecified atom stereocenters. The predicted octanol–water partition coefficient (Wildman–Crippen LogP) is 3.45. The van der Waals surface area contributed by atoms with Crippen LogP contribution in [0.3, 0.4) is 0 Å². The summed E-state index contributed by atoms with van der Waals surface area (Å²) in [5.41, 5.74) is 0.931. The zero-order valence-corrected chi connectivity index (χ0v) is 14.8. The highest BCUT2D eigenvalue weighted by atomic mass is 19.2. The number of ether oxygens (including phenoxy) is 1. The van der Waals surface area contributed by atoms with Gasteiger partial charge in [-0.1, -0.05) is 5.21 Å². The normalized spacial score (nSPS) is 14.9. The summed E-state index contributed by atoms with van der Waals surface area (Å²) in [7, 11) is 0. The molecule has 9 heteroatoms. The second kappa shape index (κ2) is 7.71. The van der Waals surface area contributed by atoms with Crippen molar-refractivity contribution < 1.29 is 18.3 Å². The van der Waals surface area contributed by atoms with Gasteiger partial charge >= 0.3 is 6.09 Å². The Labute approximate surface area is 159 Å². The fourth-order valence-corrected chi connectivity index (χ4v) is 3.13. The van der Waals surface area contributed by atoms with Gasteiger partial charge in [-0.2, -0.15) is 0 Å². The zero-order valence-electron chi connectivity index (χ0n) is 14.8. The lowest BCUT2D eigenvalue weighted by molar-refractivity contribution is 0.129. The van der Waals surface area contributed by atoms with Gasteiger partial charge in [0.15, 0.2) is 17.4 Å². The van der Waals surface area contributed by atoms with E-state index in [-0.39, 0.29) is 6.04 Å². The molecule has 0 aliphatic carbocycles. The van der Waals surface area contributed by atoms with Crippen molar-refractivity contribution in [3.05, 3.63) is 60.6 Å². The maximum atomic E-state index is 13.4. The van der Waals surface area contributed by atoms with Crippen LogP contribution in [0, 0.1) is 11.6 Å². The van der Waals surface area contributed by atoms with Gasteiger partial charge < -0.3 is 9.64 Å². The van der Waals surface area contributed by atoms with Crippen LogP contribution in [-0.2, 0) is 0 Å². The van der Waals surface area contributed by atoms with Crippen LogP contribution in [0.4, 0.5) is 13.6 Å². The van der Waals surface area contributed by atoms with E-state index in [4.69, 9.17) is 4.74 Å². The summed E-state index contributed by atoms with van der Waals surface area (Å²) in [5, 5.41) is 8.17. The molecular formula is C19H17F2N5O2. The third kappa shape index (κ3) is 3.83. The van der Waals surface area contributed by atoms with Gasteiger partial charge in [-0.05, 0) is 43.2 Å². The van der Waals surface area contributed by atoms with Gasteiger partial charge in [0.25, 0.3) is 0 Å². The topological polar surface area (TPSA) is 73.1 Å². The number of amides is 1. The SMILES string of the molecule is O=C(Oc1cccnc1)N1CCC(n2cc(-c3ccc(F)c(F)c3)nn2)CC1. The first-order valence-electron chi connectivity index (χ1n) is 8.84. The highest BCUT2D eigenvalue weighted by Crippen LogP contribution is 2.25. The molecule has 7 nitrogen and oxygen atoms in total. The molecule has 1 saturated heterocycles. The molecular weight excluding hydrogens is 368 g/mol. The molecule has 0 N–H and O–H groups in total. The first-order chi connectivity index (χ1) is 13.6. The average Bonchev–Trinajstić information content (AvgIpc) is 3.21. The first kappa shape index (κ1) is 18.0. The Hall–Kier alpha value is -3.36. The highest BCUT2D eigenvalue weighted by Gasteiger charge is 2.26. The molecule has 1 fully saturated rings. The van der Waals surface area contributed by atoms with Gasteiger partial charge in [0.2, 0.25) is 0 Å². The largest absolute Gasteiger partial charge is 0.415 e. The summed E-state index contributed by atoms with van der Waals surface area (Å²) in [4.78, 5) is 17.8. The Morgan fingerprint density at radius 3 is 2.68 bits per heavy atom. The van der Waals surface area contributed by atoms with E-state index in [0.29, 0.717) is 42.9 Å². The van der Waals surface area contributed by atoms with Gasteiger partial charge in [0.05, 0.1) is 18.4 Å². The number of carbonyl (C=O) groups excluding carboxylic acids is 1. The average molecular weight is 385 g/mol. The van der Waals surface area contributed by atoms with E-state index in [1.54, 1.807) is 34.1 Å². The number of rotatable bonds is 3. The van der Waals surface area contributed by atoms with Crippen LogP contribution in [0.1, 0.15) is 18.9 Å². The Kier molecular flexibility index (Phi) is 4.96. The molecule has 1 aliphatic heterocycles. The second-order valence-electron chi connectivity index (χ2n) is 6.49. The smallest absolute Gasteiger partial charge is 0.409 e. The van der Waals surface area contributed by atoms with Crippen LogP contribution in [-0.4, -0.2) is 44.1 Å². The minimum absolute atomic E-state index is 0.0639. The van der Waals surface area contributed by atoms with Crippen LogP contribution < -0.4 is 4.74 Å². The van der Waals surface area contributed by atoms with Crippen molar-refractivity contribution in [3.63, 3.8) is 0 Å². The molecule has 4 rings (SSSR count). The van der Waals surface area contributed by atoms with Crippen LogP contribution >= 0.6 is 0 Å². The molecule has 1 aliphatic rings. The molecule has 0 bridgehead atoms. The highest BCUT2D eigenvalue weighted by molar-refractivity contribution is 5.70. The standard InChI is InChI=1S/C19H17F2N5O2/c20-16-4-3-13(10-17(16)21)18-12-26(24-23-18)14-5-8-25(9-6-14)19(27)28-15-2-1-7-22-11-15/h1-4,7,10-12,14H,5-6,8-9H2. The Morgan fingerprint density at radius 2 is 1.96 bits per heavy atom. The molecule has 3 heterocycles. The first-order valence-corrected chi connectivity index (χ1v) is 8.84. The van der Waals surface area contributed by atoms with Crippen LogP contribution in [0.2, 0.25) is 0 Å². The van der Waals surface area contributed by atoms with Gasteiger partial charge in [-0.15, -0.1) is 5.10 Å². The van der Waals surface area contributed by atoms with Gasteiger partial charge in [0, 0.05) is 24.8 Å². The van der Waals surface area contributed by atoms with E-state index in [9.17, 15) is 13.6 Å². The molecule has 1 amide bonds. The summed E-state index contributed by atoms with van der Waals surface area (Å²) in [6, 6.07) is 7.06. The van der Waals surface area contributed by atoms with Crippen molar-refractivity contribution in [2.75, 3.05) is 13.1 Å². The van der Waals surface area contributed by atoms with E-state index < -0.39 is 17.7 Å². The van der Waals surface area contributed by atoms with E-state index in [1.165, 1.54) is 12.3 Å². The van der Waals surface area contributed by atoms with E-state index in [2.05, 4.69) is 15.3 Å². The molecule has 1 aromatic carbocycles. The fraction of sp³-hybridized carbons (Fsp3) is 0.263. The van der Waals surface area contributed by atoms with Crippen molar-refractivity contribution in [1.82, 2.24) is 24.9 Å². The number of aromatic nitrogens is 4. The summed E-state index contributed by atoms with van der Waals surface area (Å²) in [6.45, 7) is 1.04. The monoisotopic (exact) mass is 385 g/mol. The minimum atomic E-state index is -0.924. The third-order valence-electron chi connectivity index (χ3n) is 4.66. The number of piperidine rings is 1. The van der Waals surface area contributed by atoms with E-state index in [0.717, 1.165) is 12.1 Å². The number of halogens is 2. The lowest BCUT2D eigenvalue weighted by Crippen LogP contribution is -2.40. The lowest BCUT2D eigenvalue weighted by Gasteiger charge is -2.30. The maximum Gasteiger partial charge on any atom is 0.415 e. The second-order valence-corrected chi connectivity index (χ2v) is 6.49. The molecule has 144 valence electrons. The van der Waals surface area contributed by atoms with Crippen molar-refractivity contribution >= 4 is 6.09 Å². The minimum Gasteiger partial charge on any atom is -0.409 e. The van der Waals surface area contributed by atoms with Gasteiger partial charge in [-0.25, -0.2) is 18.3 Å². The summed E-state index contributed by atoms with van der Waals surface area (Å²) >= 11 is 0. The van der Waals surface area contributed by atoms with E-state index in [1.807, 2.05) is 0 Å². The van der Waals surface area contributed by atoms with Crippen LogP contribution in [0.5, 0.6) is 5.75 Å². The molecule has 2 aromatic heterocycles. The third-order valence-corrected chi connectivity index (χ3v) is 4.66. The van der Waals surface area contributed by atoms with Gasteiger partial charge in [0.1, 0.15) is 5.69 Å². The predicted molar refractivity (Wildman–Crippen MR) is 95.5 cm³/mol. The van der Waals surface area contributed by atoms with Crippen LogP contribution in [0.25, 0.3) is 11.3 Å². The number of hydrogen-bond donors (Lipinski definition) is 0. The molecule has 0 spiro atoms. The molecule has 28 heavy (non-hydrogen) atoms. The van der Waals surface area contributed by atoms with Crippen molar-refractivity contribution in [1.29, 1.82) is 0 Å². The summed E-state index contributed by atoms with van der Waals surface area (Å²) in [6.07, 6.45) is 5.76. The number of benzene rings is 1. The van der Waals surface area contributed by atoms with E-state index >= 15 is 0 Å². The molecule has 0 atom stereocenters. The molecule has 0 saturated carbocycles. The Balaban J connectivity index is 1.37. The van der Waals surface area contributed by atoms with Crippen molar-refractivity contribution in [2.45, 2.75) is 18.9 Å².